The summed E-state index contributed by atoms with van der Waals surface area (Å²) in [6, 6.07) is 4.01. The maximum Gasteiger partial charge on any atom is 0.335 e. The van der Waals surface area contributed by atoms with Crippen LogP contribution >= 0.6 is 0 Å². The molecule has 2 rings (SSSR count). The van der Waals surface area contributed by atoms with Crippen LogP contribution in [-0.4, -0.2) is 32.8 Å². The molecule has 1 saturated heterocycles. The highest BCUT2D eigenvalue weighted by Gasteiger charge is 2.18. The number of halogens is 1. The Labute approximate surface area is 113 Å². The van der Waals surface area contributed by atoms with Crippen LogP contribution in [0.25, 0.3) is 0 Å². The van der Waals surface area contributed by atoms with Crippen LogP contribution in [-0.2, 0) is 17.3 Å². The van der Waals surface area contributed by atoms with Crippen molar-refractivity contribution in [2.75, 3.05) is 11.5 Å². The fraction of sp³-hybridized carbons (Fsp3) is 0.462. The third-order valence-electron chi connectivity index (χ3n) is 3.26. The van der Waals surface area contributed by atoms with Gasteiger partial charge in [0.15, 0.2) is 0 Å². The maximum atomic E-state index is 13.6. The quantitative estimate of drug-likeness (QED) is 0.880. The minimum atomic E-state index is -1.06. The highest BCUT2D eigenvalue weighted by atomic mass is 32.2. The summed E-state index contributed by atoms with van der Waals surface area (Å²) in [6.45, 7) is 0.296. The lowest BCUT2D eigenvalue weighted by atomic mass is 10.1. The number of hydrogen-bond donors (Lipinski definition) is 2. The predicted octanol–water partition coefficient (Wildman–Crippen LogP) is 1.52. The zero-order valence-corrected chi connectivity index (χ0v) is 11.2. The van der Waals surface area contributed by atoms with Crippen molar-refractivity contribution in [3.63, 3.8) is 0 Å². The van der Waals surface area contributed by atoms with Gasteiger partial charge in [-0.2, -0.15) is 0 Å². The van der Waals surface area contributed by atoms with Gasteiger partial charge in [-0.15, -0.1) is 0 Å². The van der Waals surface area contributed by atoms with E-state index in [9.17, 15) is 13.4 Å². The van der Waals surface area contributed by atoms with Crippen molar-refractivity contribution >= 4 is 16.8 Å². The van der Waals surface area contributed by atoms with Crippen molar-refractivity contribution in [1.82, 2.24) is 5.32 Å². The first-order valence-electron chi connectivity index (χ1n) is 6.16. The van der Waals surface area contributed by atoms with Crippen LogP contribution in [0.2, 0.25) is 0 Å². The average molecular weight is 285 g/mol. The second-order valence-corrected chi connectivity index (χ2v) is 6.31. The van der Waals surface area contributed by atoms with E-state index in [1.807, 2.05) is 0 Å². The molecule has 0 saturated carbocycles. The monoisotopic (exact) mass is 285 g/mol. The lowest BCUT2D eigenvalue weighted by Gasteiger charge is -2.22. The van der Waals surface area contributed by atoms with Crippen molar-refractivity contribution in [3.05, 3.63) is 35.1 Å². The van der Waals surface area contributed by atoms with Gasteiger partial charge in [0.2, 0.25) is 0 Å². The standard InChI is InChI=1S/C13H16FNO3S/c14-12-2-1-9(13(16)17)7-10(12)8-15-11-3-5-19(18)6-4-11/h1-2,7,11,15H,3-6,8H2,(H,16,17). The molecule has 0 unspecified atom stereocenters. The van der Waals surface area contributed by atoms with Crippen molar-refractivity contribution in [3.8, 4) is 0 Å². The molecule has 104 valence electrons. The number of carbonyl (C=O) groups is 1. The fourth-order valence-electron chi connectivity index (χ4n) is 2.10. The van der Waals surface area contributed by atoms with Crippen molar-refractivity contribution in [2.24, 2.45) is 0 Å². The van der Waals surface area contributed by atoms with E-state index in [0.717, 1.165) is 12.8 Å². The molecule has 6 heteroatoms. The third-order valence-corrected chi connectivity index (χ3v) is 4.64. The van der Waals surface area contributed by atoms with Crippen LogP contribution in [0, 0.1) is 5.82 Å². The number of rotatable bonds is 4. The zero-order chi connectivity index (χ0) is 13.8. The lowest BCUT2D eigenvalue weighted by Crippen LogP contribution is -2.35. The molecule has 0 atom stereocenters. The Kier molecular flexibility index (Phi) is 4.66. The topological polar surface area (TPSA) is 66.4 Å². The summed E-state index contributed by atoms with van der Waals surface area (Å²) in [6.07, 6.45) is 1.62. The maximum absolute atomic E-state index is 13.6. The number of aromatic carboxylic acids is 1. The van der Waals surface area contributed by atoms with Gasteiger partial charge in [0, 0.05) is 40.5 Å². The van der Waals surface area contributed by atoms with Gasteiger partial charge in [-0.25, -0.2) is 9.18 Å². The Morgan fingerprint density at radius 1 is 1.42 bits per heavy atom. The molecule has 0 bridgehead atoms. The molecule has 1 aliphatic heterocycles. The van der Waals surface area contributed by atoms with Crippen LogP contribution < -0.4 is 5.32 Å². The first kappa shape index (κ1) is 14.1. The first-order valence-corrected chi connectivity index (χ1v) is 7.65. The van der Waals surface area contributed by atoms with E-state index >= 15 is 0 Å². The third kappa shape index (κ3) is 3.84. The Bertz CT molecular complexity index is 497. The zero-order valence-electron chi connectivity index (χ0n) is 10.4. The van der Waals surface area contributed by atoms with Gasteiger partial charge in [0.25, 0.3) is 0 Å². The number of hydrogen-bond acceptors (Lipinski definition) is 3. The number of carboxylic acids is 1. The van der Waals surface area contributed by atoms with Gasteiger partial charge in [-0.1, -0.05) is 0 Å². The van der Waals surface area contributed by atoms with Crippen LogP contribution in [0.1, 0.15) is 28.8 Å². The Morgan fingerprint density at radius 3 is 2.74 bits per heavy atom. The van der Waals surface area contributed by atoms with E-state index in [4.69, 9.17) is 5.11 Å². The Morgan fingerprint density at radius 2 is 2.11 bits per heavy atom. The van der Waals surface area contributed by atoms with Gasteiger partial charge >= 0.3 is 5.97 Å². The van der Waals surface area contributed by atoms with E-state index in [0.29, 0.717) is 23.6 Å². The summed E-state index contributed by atoms with van der Waals surface area (Å²) in [7, 11) is -0.715. The molecule has 2 N–H and O–H groups in total. The van der Waals surface area contributed by atoms with Gasteiger partial charge < -0.3 is 10.4 Å². The lowest BCUT2D eigenvalue weighted by molar-refractivity contribution is 0.0696. The van der Waals surface area contributed by atoms with Crippen LogP contribution in [0.4, 0.5) is 4.39 Å². The molecule has 0 amide bonds. The molecule has 19 heavy (non-hydrogen) atoms. The van der Waals surface area contributed by atoms with E-state index in [2.05, 4.69) is 5.32 Å². The number of benzene rings is 1. The highest BCUT2D eigenvalue weighted by Crippen LogP contribution is 2.13. The van der Waals surface area contributed by atoms with E-state index in [1.165, 1.54) is 18.2 Å². The summed E-state index contributed by atoms with van der Waals surface area (Å²) in [4.78, 5) is 10.8. The molecule has 0 aromatic heterocycles. The molecule has 0 radical (unpaired) electrons. The predicted molar refractivity (Wildman–Crippen MR) is 71.1 cm³/mol. The second-order valence-electron chi connectivity index (χ2n) is 4.61. The summed E-state index contributed by atoms with van der Waals surface area (Å²) in [5, 5.41) is 12.1. The van der Waals surface area contributed by atoms with Crippen molar-refractivity contribution in [2.45, 2.75) is 25.4 Å². The fourth-order valence-corrected chi connectivity index (χ4v) is 3.39. The number of nitrogens with one attached hydrogen (secondary N) is 1. The molecule has 4 nitrogen and oxygen atoms in total. The molecule has 1 aromatic carbocycles. The molecular weight excluding hydrogens is 269 g/mol. The van der Waals surface area contributed by atoms with Crippen LogP contribution in [0.15, 0.2) is 18.2 Å². The van der Waals surface area contributed by atoms with E-state index < -0.39 is 22.6 Å². The van der Waals surface area contributed by atoms with Crippen LogP contribution in [0.3, 0.4) is 0 Å². The summed E-state index contributed by atoms with van der Waals surface area (Å²) >= 11 is 0. The van der Waals surface area contributed by atoms with Crippen molar-refractivity contribution in [1.29, 1.82) is 0 Å². The van der Waals surface area contributed by atoms with Gasteiger partial charge in [-0.05, 0) is 31.0 Å². The average Bonchev–Trinajstić information content (AvgIpc) is 2.39. The molecule has 1 aliphatic rings. The minimum Gasteiger partial charge on any atom is -0.478 e. The molecule has 1 heterocycles. The van der Waals surface area contributed by atoms with Crippen LogP contribution in [0.5, 0.6) is 0 Å². The largest absolute Gasteiger partial charge is 0.478 e. The Hall–Kier alpha value is -1.27. The molecule has 0 aliphatic carbocycles. The summed E-state index contributed by atoms with van der Waals surface area (Å²) < 4.78 is 24.8. The van der Waals surface area contributed by atoms with Gasteiger partial charge in [0.1, 0.15) is 5.82 Å². The van der Waals surface area contributed by atoms with Gasteiger partial charge in [0.05, 0.1) is 5.56 Å². The Balaban J connectivity index is 1.97. The summed E-state index contributed by atoms with van der Waals surface area (Å²) in [5.41, 5.74) is 0.439. The normalized spacial score (nSPS) is 23.2. The van der Waals surface area contributed by atoms with E-state index in [-0.39, 0.29) is 11.6 Å². The first-order chi connectivity index (χ1) is 9.06. The summed E-state index contributed by atoms with van der Waals surface area (Å²) in [5.74, 6) is -0.115. The SMILES string of the molecule is O=C(O)c1ccc(F)c(CNC2CCS(=O)CC2)c1. The molecule has 1 aromatic rings. The van der Waals surface area contributed by atoms with Gasteiger partial charge in [-0.3, -0.25) is 4.21 Å². The molecular formula is C13H16FNO3S. The molecule has 0 spiro atoms. The molecule has 1 fully saturated rings. The second kappa shape index (κ2) is 6.25. The minimum absolute atomic E-state index is 0.0861. The smallest absolute Gasteiger partial charge is 0.335 e. The van der Waals surface area contributed by atoms with E-state index in [1.54, 1.807) is 0 Å². The highest BCUT2D eigenvalue weighted by molar-refractivity contribution is 7.85. The van der Waals surface area contributed by atoms with Crippen molar-refractivity contribution < 1.29 is 18.5 Å². The number of carboxylic acid groups (broad SMARTS) is 1.